The molecule has 0 aliphatic rings. The summed E-state index contributed by atoms with van der Waals surface area (Å²) in [7, 11) is 3.50. The van der Waals surface area contributed by atoms with Crippen molar-refractivity contribution in [3.8, 4) is 11.5 Å². The first-order valence-electron chi connectivity index (χ1n) is 7.09. The molecular weight excluding hydrogens is 276 g/mol. The lowest BCUT2D eigenvalue weighted by molar-refractivity contribution is 0.0827. The number of hydrogen-bond donors (Lipinski definition) is 0. The first-order valence-corrected chi connectivity index (χ1v) is 7.09. The first-order chi connectivity index (χ1) is 10.6. The van der Waals surface area contributed by atoms with Crippen molar-refractivity contribution in [2.45, 2.75) is 6.92 Å². The Morgan fingerprint density at radius 3 is 2.27 bits per heavy atom. The quantitative estimate of drug-likeness (QED) is 0.745. The molecule has 0 atom stereocenters. The molecule has 5 nitrogen and oxygen atoms in total. The minimum atomic E-state index is -0.0524. The third-order valence-electron chi connectivity index (χ3n) is 3.51. The maximum absolute atomic E-state index is 12.6. The van der Waals surface area contributed by atoms with Crippen molar-refractivity contribution in [1.29, 1.82) is 0 Å². The molecule has 1 aromatic carbocycles. The van der Waals surface area contributed by atoms with Gasteiger partial charge in [0.2, 0.25) is 0 Å². The van der Waals surface area contributed by atoms with Crippen LogP contribution >= 0.6 is 0 Å². The minimum absolute atomic E-state index is 0.0524. The van der Waals surface area contributed by atoms with Gasteiger partial charge >= 0.3 is 0 Å². The molecule has 0 spiro atoms. The number of aromatic nitrogens is 3. The molecule has 112 valence electrons. The Labute approximate surface area is 129 Å². The van der Waals surface area contributed by atoms with Gasteiger partial charge in [-0.2, -0.15) is 5.10 Å². The number of benzene rings is 1. The summed E-state index contributed by atoms with van der Waals surface area (Å²) < 4.78 is 3.73. The summed E-state index contributed by atoms with van der Waals surface area (Å²) in [5.74, 6) is 0.704. The van der Waals surface area contributed by atoms with E-state index in [-0.39, 0.29) is 5.91 Å². The van der Waals surface area contributed by atoms with E-state index in [0.29, 0.717) is 11.3 Å². The normalized spacial score (nSPS) is 10.7. The first kappa shape index (κ1) is 14.1. The number of para-hydroxylation sites is 1. The molecule has 5 heteroatoms. The van der Waals surface area contributed by atoms with Crippen LogP contribution in [0.4, 0.5) is 0 Å². The van der Waals surface area contributed by atoms with Gasteiger partial charge in [-0.1, -0.05) is 18.2 Å². The standard InChI is InChI=1S/C17H18N4O/c1-13-15(17(22)19(2)3)16(20-11-7-8-12-20)21(18-13)14-9-5-4-6-10-14/h4-12H,1-3H3. The van der Waals surface area contributed by atoms with E-state index in [1.54, 1.807) is 19.0 Å². The van der Waals surface area contributed by atoms with E-state index in [1.165, 1.54) is 0 Å². The molecule has 0 fully saturated rings. The highest BCUT2D eigenvalue weighted by Crippen LogP contribution is 2.23. The van der Waals surface area contributed by atoms with Crippen LogP contribution in [-0.4, -0.2) is 39.3 Å². The molecule has 0 aliphatic heterocycles. The largest absolute Gasteiger partial charge is 0.345 e. The fraction of sp³-hybridized carbons (Fsp3) is 0.176. The molecule has 3 rings (SSSR count). The van der Waals surface area contributed by atoms with Crippen molar-refractivity contribution in [3.63, 3.8) is 0 Å². The Hall–Kier alpha value is -2.82. The van der Waals surface area contributed by atoms with Gasteiger partial charge in [0, 0.05) is 26.5 Å². The lowest BCUT2D eigenvalue weighted by Gasteiger charge is -2.13. The number of aryl methyl sites for hydroxylation is 1. The van der Waals surface area contributed by atoms with Crippen LogP contribution in [0.3, 0.4) is 0 Å². The lowest BCUT2D eigenvalue weighted by atomic mass is 10.2. The summed E-state index contributed by atoms with van der Waals surface area (Å²) in [6.07, 6.45) is 3.84. The van der Waals surface area contributed by atoms with Crippen molar-refractivity contribution >= 4 is 5.91 Å². The molecule has 0 unspecified atom stereocenters. The summed E-state index contributed by atoms with van der Waals surface area (Å²) in [5, 5.41) is 4.59. The van der Waals surface area contributed by atoms with Gasteiger partial charge in [-0.05, 0) is 31.2 Å². The van der Waals surface area contributed by atoms with E-state index in [1.807, 2.05) is 71.0 Å². The maximum atomic E-state index is 12.6. The van der Waals surface area contributed by atoms with Gasteiger partial charge in [0.25, 0.3) is 5.91 Å². The van der Waals surface area contributed by atoms with Crippen molar-refractivity contribution in [3.05, 3.63) is 66.1 Å². The van der Waals surface area contributed by atoms with Crippen LogP contribution in [-0.2, 0) is 0 Å². The highest BCUT2D eigenvalue weighted by molar-refractivity contribution is 5.98. The molecule has 2 aromatic heterocycles. The smallest absolute Gasteiger partial charge is 0.259 e. The fourth-order valence-corrected chi connectivity index (χ4v) is 2.45. The van der Waals surface area contributed by atoms with Crippen LogP contribution in [0, 0.1) is 6.92 Å². The van der Waals surface area contributed by atoms with E-state index in [9.17, 15) is 4.79 Å². The van der Waals surface area contributed by atoms with Crippen molar-refractivity contribution in [2.24, 2.45) is 0 Å². The molecule has 0 saturated carbocycles. The minimum Gasteiger partial charge on any atom is -0.345 e. The molecule has 0 bridgehead atoms. The highest BCUT2D eigenvalue weighted by atomic mass is 16.2. The number of hydrogen-bond acceptors (Lipinski definition) is 2. The number of carbonyl (C=O) groups is 1. The lowest BCUT2D eigenvalue weighted by Crippen LogP contribution is -2.23. The Morgan fingerprint density at radius 1 is 1.05 bits per heavy atom. The molecule has 0 radical (unpaired) electrons. The van der Waals surface area contributed by atoms with Gasteiger partial charge in [0.15, 0.2) is 5.82 Å². The van der Waals surface area contributed by atoms with E-state index in [0.717, 1.165) is 11.5 Å². The monoisotopic (exact) mass is 294 g/mol. The van der Waals surface area contributed by atoms with E-state index < -0.39 is 0 Å². The van der Waals surface area contributed by atoms with Gasteiger partial charge in [0.05, 0.1) is 11.4 Å². The van der Waals surface area contributed by atoms with Crippen LogP contribution in [0.5, 0.6) is 0 Å². The average Bonchev–Trinajstić information content (AvgIpc) is 3.14. The molecule has 3 aromatic rings. The van der Waals surface area contributed by atoms with E-state index in [4.69, 9.17) is 0 Å². The van der Waals surface area contributed by atoms with E-state index in [2.05, 4.69) is 5.10 Å². The van der Waals surface area contributed by atoms with Crippen molar-refractivity contribution in [2.75, 3.05) is 14.1 Å². The second-order valence-corrected chi connectivity index (χ2v) is 5.32. The van der Waals surface area contributed by atoms with Crippen molar-refractivity contribution in [1.82, 2.24) is 19.2 Å². The van der Waals surface area contributed by atoms with Crippen LogP contribution in [0.2, 0.25) is 0 Å². The zero-order chi connectivity index (χ0) is 15.7. The SMILES string of the molecule is Cc1nn(-c2ccccc2)c(-n2cccc2)c1C(=O)N(C)C. The molecule has 0 saturated heterocycles. The zero-order valence-corrected chi connectivity index (χ0v) is 12.9. The fourth-order valence-electron chi connectivity index (χ4n) is 2.45. The Bertz CT molecular complexity index is 786. The highest BCUT2D eigenvalue weighted by Gasteiger charge is 2.24. The third-order valence-corrected chi connectivity index (χ3v) is 3.51. The third kappa shape index (κ3) is 2.30. The molecule has 1 amide bonds. The summed E-state index contributed by atoms with van der Waals surface area (Å²) in [5.41, 5.74) is 2.25. The molecular formula is C17H18N4O. The number of nitrogens with zero attached hydrogens (tertiary/aromatic N) is 4. The molecule has 0 N–H and O–H groups in total. The van der Waals surface area contributed by atoms with Gasteiger partial charge in [-0.3, -0.25) is 4.79 Å². The maximum Gasteiger partial charge on any atom is 0.259 e. The summed E-state index contributed by atoms with van der Waals surface area (Å²) >= 11 is 0. The molecule has 0 aliphatic carbocycles. The van der Waals surface area contributed by atoms with Gasteiger partial charge < -0.3 is 9.47 Å². The summed E-state index contributed by atoms with van der Waals surface area (Å²) in [4.78, 5) is 14.2. The van der Waals surface area contributed by atoms with E-state index >= 15 is 0 Å². The average molecular weight is 294 g/mol. The number of rotatable bonds is 3. The molecule has 2 heterocycles. The second-order valence-electron chi connectivity index (χ2n) is 5.32. The Balaban J connectivity index is 2.28. The Kier molecular flexibility index (Phi) is 3.55. The number of amides is 1. The molecule has 22 heavy (non-hydrogen) atoms. The predicted molar refractivity (Wildman–Crippen MR) is 85.6 cm³/mol. The topological polar surface area (TPSA) is 43.1 Å². The van der Waals surface area contributed by atoms with Gasteiger partial charge in [-0.15, -0.1) is 0 Å². The van der Waals surface area contributed by atoms with Crippen LogP contribution in [0.25, 0.3) is 11.5 Å². The van der Waals surface area contributed by atoms with Gasteiger partial charge in [-0.25, -0.2) is 4.68 Å². The Morgan fingerprint density at radius 2 is 1.68 bits per heavy atom. The van der Waals surface area contributed by atoms with Crippen molar-refractivity contribution < 1.29 is 4.79 Å². The zero-order valence-electron chi connectivity index (χ0n) is 12.9. The predicted octanol–water partition coefficient (Wildman–Crippen LogP) is 2.67. The van der Waals surface area contributed by atoms with Crippen LogP contribution in [0.1, 0.15) is 16.1 Å². The summed E-state index contributed by atoms with van der Waals surface area (Å²) in [6.45, 7) is 1.86. The van der Waals surface area contributed by atoms with Crippen LogP contribution < -0.4 is 0 Å². The van der Waals surface area contributed by atoms with Gasteiger partial charge in [0.1, 0.15) is 5.56 Å². The second kappa shape index (κ2) is 5.52. The number of carbonyl (C=O) groups excluding carboxylic acids is 1. The van der Waals surface area contributed by atoms with Crippen LogP contribution in [0.15, 0.2) is 54.9 Å². The summed E-state index contributed by atoms with van der Waals surface area (Å²) in [6, 6.07) is 13.7.